The highest BCUT2D eigenvalue weighted by Gasteiger charge is 2.26. The Morgan fingerprint density at radius 1 is 1.00 bits per heavy atom. The smallest absolute Gasteiger partial charge is 0.195 e. The SMILES string of the molecule is O=C1c2cnccc2-c2ccc(F)cc21. The van der Waals surface area contributed by atoms with Crippen LogP contribution < -0.4 is 0 Å². The number of ketones is 1. The van der Waals surface area contributed by atoms with Gasteiger partial charge in [0, 0.05) is 23.5 Å². The maximum atomic E-state index is 13.0. The third kappa shape index (κ3) is 1.03. The van der Waals surface area contributed by atoms with Crippen LogP contribution in [0.15, 0.2) is 36.7 Å². The van der Waals surface area contributed by atoms with Gasteiger partial charge < -0.3 is 0 Å². The highest BCUT2D eigenvalue weighted by Crippen LogP contribution is 2.35. The molecule has 0 unspecified atom stereocenters. The number of pyridine rings is 1. The molecular weight excluding hydrogens is 193 g/mol. The van der Waals surface area contributed by atoms with Gasteiger partial charge in [0.1, 0.15) is 5.82 Å². The molecule has 0 amide bonds. The number of benzene rings is 1. The minimum Gasteiger partial charge on any atom is -0.289 e. The summed E-state index contributed by atoms with van der Waals surface area (Å²) in [4.78, 5) is 15.7. The molecular formula is C12H6FNO. The molecule has 2 aromatic rings. The predicted octanol–water partition coefficient (Wildman–Crippen LogP) is 2.43. The number of fused-ring (bicyclic) bond motifs is 3. The van der Waals surface area contributed by atoms with Crippen molar-refractivity contribution in [1.29, 1.82) is 0 Å². The first-order valence-electron chi connectivity index (χ1n) is 4.56. The molecule has 0 spiro atoms. The Kier molecular flexibility index (Phi) is 1.51. The zero-order valence-corrected chi connectivity index (χ0v) is 7.70. The lowest BCUT2D eigenvalue weighted by Crippen LogP contribution is -1.95. The fourth-order valence-corrected chi connectivity index (χ4v) is 1.89. The third-order valence-electron chi connectivity index (χ3n) is 2.58. The number of halogens is 1. The highest BCUT2D eigenvalue weighted by molar-refractivity contribution is 6.21. The van der Waals surface area contributed by atoms with Crippen LogP contribution in [0.25, 0.3) is 11.1 Å². The largest absolute Gasteiger partial charge is 0.289 e. The van der Waals surface area contributed by atoms with Crippen LogP contribution in [-0.4, -0.2) is 10.8 Å². The lowest BCUT2D eigenvalue weighted by molar-refractivity contribution is 0.104. The summed E-state index contributed by atoms with van der Waals surface area (Å²) in [5.74, 6) is -0.532. The molecule has 0 atom stereocenters. The second-order valence-electron chi connectivity index (χ2n) is 3.44. The van der Waals surface area contributed by atoms with E-state index >= 15 is 0 Å². The predicted molar refractivity (Wildman–Crippen MR) is 53.1 cm³/mol. The van der Waals surface area contributed by atoms with Crippen molar-refractivity contribution in [3.63, 3.8) is 0 Å². The summed E-state index contributed by atoms with van der Waals surface area (Å²) in [6.45, 7) is 0. The van der Waals surface area contributed by atoms with Crippen LogP contribution in [0, 0.1) is 5.82 Å². The molecule has 0 fully saturated rings. The number of aromatic nitrogens is 1. The maximum Gasteiger partial charge on any atom is 0.195 e. The van der Waals surface area contributed by atoms with Crippen LogP contribution in [0.5, 0.6) is 0 Å². The van der Waals surface area contributed by atoms with E-state index in [1.54, 1.807) is 18.3 Å². The molecule has 0 bridgehead atoms. The minimum absolute atomic E-state index is 0.146. The van der Waals surface area contributed by atoms with Crippen molar-refractivity contribution in [1.82, 2.24) is 4.98 Å². The van der Waals surface area contributed by atoms with Gasteiger partial charge in [0.2, 0.25) is 0 Å². The fraction of sp³-hybridized carbons (Fsp3) is 0. The highest BCUT2D eigenvalue weighted by atomic mass is 19.1. The van der Waals surface area contributed by atoms with Crippen LogP contribution in [0.4, 0.5) is 4.39 Å². The molecule has 3 heteroatoms. The quantitative estimate of drug-likeness (QED) is 0.556. The summed E-state index contributed by atoms with van der Waals surface area (Å²) in [6, 6.07) is 6.05. The molecule has 0 saturated heterocycles. The lowest BCUT2D eigenvalue weighted by atomic mass is 10.1. The van der Waals surface area contributed by atoms with Crippen LogP contribution in [0.1, 0.15) is 15.9 Å². The molecule has 1 aromatic carbocycles. The molecule has 1 heterocycles. The van der Waals surface area contributed by atoms with Gasteiger partial charge in [-0.15, -0.1) is 0 Å². The topological polar surface area (TPSA) is 30.0 Å². The number of carbonyl (C=O) groups excluding carboxylic acids is 1. The second-order valence-corrected chi connectivity index (χ2v) is 3.44. The number of carbonyl (C=O) groups is 1. The van der Waals surface area contributed by atoms with Crippen LogP contribution in [-0.2, 0) is 0 Å². The molecule has 72 valence electrons. The molecule has 0 saturated carbocycles. The van der Waals surface area contributed by atoms with Crippen molar-refractivity contribution in [3.8, 4) is 11.1 Å². The molecule has 1 aliphatic rings. The zero-order chi connectivity index (χ0) is 10.4. The van der Waals surface area contributed by atoms with Gasteiger partial charge in [-0.1, -0.05) is 6.07 Å². The summed E-state index contributed by atoms with van der Waals surface area (Å²) < 4.78 is 13.0. The van der Waals surface area contributed by atoms with Gasteiger partial charge in [0.05, 0.1) is 0 Å². The number of nitrogens with zero attached hydrogens (tertiary/aromatic N) is 1. The van der Waals surface area contributed by atoms with Crippen LogP contribution in [0.3, 0.4) is 0 Å². The van der Waals surface area contributed by atoms with Gasteiger partial charge in [-0.3, -0.25) is 9.78 Å². The molecule has 0 radical (unpaired) electrons. The molecule has 3 rings (SSSR count). The fourth-order valence-electron chi connectivity index (χ4n) is 1.89. The van der Waals surface area contributed by atoms with Crippen molar-refractivity contribution < 1.29 is 9.18 Å². The van der Waals surface area contributed by atoms with Crippen LogP contribution >= 0.6 is 0 Å². The van der Waals surface area contributed by atoms with Gasteiger partial charge >= 0.3 is 0 Å². The lowest BCUT2D eigenvalue weighted by Gasteiger charge is -1.97. The Labute approximate surface area is 85.4 Å². The van der Waals surface area contributed by atoms with Gasteiger partial charge in [0.15, 0.2) is 5.78 Å². The first kappa shape index (κ1) is 8.29. The van der Waals surface area contributed by atoms with E-state index in [-0.39, 0.29) is 11.6 Å². The molecule has 1 aromatic heterocycles. The molecule has 0 aliphatic heterocycles. The normalized spacial score (nSPS) is 12.5. The van der Waals surface area contributed by atoms with Crippen molar-refractivity contribution >= 4 is 5.78 Å². The number of hydrogen-bond donors (Lipinski definition) is 0. The van der Waals surface area contributed by atoms with Crippen molar-refractivity contribution in [2.24, 2.45) is 0 Å². The van der Waals surface area contributed by atoms with E-state index in [0.29, 0.717) is 11.1 Å². The van der Waals surface area contributed by atoms with Gasteiger partial charge in [-0.2, -0.15) is 0 Å². The van der Waals surface area contributed by atoms with E-state index < -0.39 is 0 Å². The van der Waals surface area contributed by atoms with E-state index in [0.717, 1.165) is 11.1 Å². The van der Waals surface area contributed by atoms with E-state index in [9.17, 15) is 9.18 Å². The van der Waals surface area contributed by atoms with E-state index in [2.05, 4.69) is 4.98 Å². The number of hydrogen-bond acceptors (Lipinski definition) is 2. The van der Waals surface area contributed by atoms with Crippen molar-refractivity contribution in [3.05, 3.63) is 53.6 Å². The average molecular weight is 199 g/mol. The Morgan fingerprint density at radius 2 is 1.80 bits per heavy atom. The molecule has 1 aliphatic carbocycles. The first-order valence-corrected chi connectivity index (χ1v) is 4.56. The monoisotopic (exact) mass is 199 g/mol. The van der Waals surface area contributed by atoms with E-state index in [1.165, 1.54) is 18.3 Å². The number of rotatable bonds is 0. The summed E-state index contributed by atoms with van der Waals surface area (Å²) >= 11 is 0. The minimum atomic E-state index is -0.386. The second kappa shape index (κ2) is 2.73. The summed E-state index contributed by atoms with van der Waals surface area (Å²) in [6.07, 6.45) is 3.15. The summed E-state index contributed by atoms with van der Waals surface area (Å²) in [7, 11) is 0. The third-order valence-corrected chi connectivity index (χ3v) is 2.58. The first-order chi connectivity index (χ1) is 7.27. The average Bonchev–Trinajstić information content (AvgIpc) is 2.54. The zero-order valence-electron chi connectivity index (χ0n) is 7.70. The molecule has 2 nitrogen and oxygen atoms in total. The maximum absolute atomic E-state index is 13.0. The summed E-state index contributed by atoms with van der Waals surface area (Å²) in [5.41, 5.74) is 2.61. The molecule has 15 heavy (non-hydrogen) atoms. The van der Waals surface area contributed by atoms with Crippen molar-refractivity contribution in [2.75, 3.05) is 0 Å². The van der Waals surface area contributed by atoms with Gasteiger partial charge in [0.25, 0.3) is 0 Å². The standard InChI is InChI=1S/C12H6FNO/c13-7-1-2-8-9-3-4-14-6-11(9)12(15)10(8)5-7/h1-6H. The van der Waals surface area contributed by atoms with Gasteiger partial charge in [-0.05, 0) is 29.3 Å². The Balaban J connectivity index is 2.38. The summed E-state index contributed by atoms with van der Waals surface area (Å²) in [5, 5.41) is 0. The Morgan fingerprint density at radius 3 is 2.67 bits per heavy atom. The molecule has 0 N–H and O–H groups in total. The van der Waals surface area contributed by atoms with Gasteiger partial charge in [-0.25, -0.2) is 4.39 Å². The Hall–Kier alpha value is -2.03. The Bertz CT molecular complexity index is 578. The van der Waals surface area contributed by atoms with E-state index in [1.807, 2.05) is 0 Å². The van der Waals surface area contributed by atoms with E-state index in [4.69, 9.17) is 0 Å². The van der Waals surface area contributed by atoms with Crippen LogP contribution in [0.2, 0.25) is 0 Å². The van der Waals surface area contributed by atoms with Crippen molar-refractivity contribution in [2.45, 2.75) is 0 Å².